The van der Waals surface area contributed by atoms with E-state index in [1.165, 1.54) is 0 Å². The maximum Gasteiger partial charge on any atom is 0.410 e. The van der Waals surface area contributed by atoms with Crippen LogP contribution in [0.2, 0.25) is 0 Å². The molecule has 1 rings (SSSR count). The van der Waals surface area contributed by atoms with E-state index in [9.17, 15) is 4.79 Å². The molecular weight excluding hydrogens is 156 g/mol. The highest BCUT2D eigenvalue weighted by molar-refractivity contribution is 5.71. The highest BCUT2D eigenvalue weighted by Crippen LogP contribution is 2.20. The largest absolute Gasteiger partial charge is 0.444 e. The van der Waals surface area contributed by atoms with Crippen LogP contribution in [-0.4, -0.2) is 35.7 Å². The average molecular weight is 172 g/mol. The second kappa shape index (κ2) is 2.94. The zero-order valence-electron chi connectivity index (χ0n) is 7.83. The molecule has 1 saturated heterocycles. The molecule has 2 N–H and O–H groups in total. The van der Waals surface area contributed by atoms with Crippen molar-refractivity contribution in [1.82, 2.24) is 4.90 Å². The van der Waals surface area contributed by atoms with E-state index in [4.69, 9.17) is 10.5 Å². The van der Waals surface area contributed by atoms with E-state index in [0.717, 1.165) is 6.54 Å². The maximum atomic E-state index is 11.2. The fourth-order valence-corrected chi connectivity index (χ4v) is 0.926. The first-order valence-electron chi connectivity index (χ1n) is 4.14. The fourth-order valence-electron chi connectivity index (χ4n) is 0.926. The van der Waals surface area contributed by atoms with Crippen molar-refractivity contribution in [3.8, 4) is 0 Å². The Kier molecular flexibility index (Phi) is 2.28. The van der Waals surface area contributed by atoms with Gasteiger partial charge in [-0.1, -0.05) is 0 Å². The Hall–Kier alpha value is -0.770. The van der Waals surface area contributed by atoms with Crippen molar-refractivity contribution in [3.05, 3.63) is 0 Å². The van der Waals surface area contributed by atoms with Crippen molar-refractivity contribution in [2.24, 2.45) is 5.73 Å². The van der Waals surface area contributed by atoms with Gasteiger partial charge in [-0.2, -0.15) is 0 Å². The minimum atomic E-state index is -0.404. The Morgan fingerprint density at radius 3 is 2.58 bits per heavy atom. The zero-order chi connectivity index (χ0) is 9.35. The number of nitrogens with zero attached hydrogens (tertiary/aromatic N) is 1. The summed E-state index contributed by atoms with van der Waals surface area (Å²) in [5.74, 6) is 0. The highest BCUT2D eigenvalue weighted by Gasteiger charge is 2.39. The molecule has 1 heterocycles. The fraction of sp³-hybridized carbons (Fsp3) is 0.875. The molecule has 0 radical (unpaired) electrons. The number of carbonyl (C=O) groups is 1. The first kappa shape index (κ1) is 9.32. The molecule has 0 aromatic heterocycles. The van der Waals surface area contributed by atoms with Gasteiger partial charge >= 0.3 is 6.09 Å². The molecule has 0 aromatic carbocycles. The van der Waals surface area contributed by atoms with E-state index >= 15 is 0 Å². The number of amides is 1. The third-order valence-electron chi connectivity index (χ3n) is 1.61. The molecule has 0 spiro atoms. The second-order valence-corrected chi connectivity index (χ2v) is 4.02. The molecule has 70 valence electrons. The summed E-state index contributed by atoms with van der Waals surface area (Å²) in [6.45, 7) is 6.83. The molecule has 1 amide bonds. The summed E-state index contributed by atoms with van der Waals surface area (Å²) in [6.07, 6.45) is -0.252. The van der Waals surface area contributed by atoms with Crippen molar-refractivity contribution in [1.29, 1.82) is 0 Å². The third kappa shape index (κ3) is 2.37. The van der Waals surface area contributed by atoms with Crippen LogP contribution in [0, 0.1) is 0 Å². The second-order valence-electron chi connectivity index (χ2n) is 4.02. The first-order valence-corrected chi connectivity index (χ1v) is 4.14. The summed E-state index contributed by atoms with van der Waals surface area (Å²) < 4.78 is 5.13. The molecule has 0 saturated carbocycles. The van der Waals surface area contributed by atoms with Crippen LogP contribution >= 0.6 is 0 Å². The van der Waals surface area contributed by atoms with Gasteiger partial charge in [-0.3, -0.25) is 0 Å². The van der Waals surface area contributed by atoms with Crippen molar-refractivity contribution in [2.45, 2.75) is 32.4 Å². The van der Waals surface area contributed by atoms with Gasteiger partial charge < -0.3 is 15.4 Å². The van der Waals surface area contributed by atoms with Crippen LogP contribution in [0.4, 0.5) is 4.79 Å². The smallest absolute Gasteiger partial charge is 0.410 e. The zero-order valence-corrected chi connectivity index (χ0v) is 7.83. The van der Waals surface area contributed by atoms with Crippen molar-refractivity contribution in [2.75, 3.05) is 13.1 Å². The van der Waals surface area contributed by atoms with Gasteiger partial charge in [0, 0.05) is 13.1 Å². The normalized spacial score (nSPS) is 22.3. The van der Waals surface area contributed by atoms with Crippen LogP contribution in [0.25, 0.3) is 0 Å². The predicted octanol–water partition coefficient (Wildman–Crippen LogP) is 0.564. The lowest BCUT2D eigenvalue weighted by Gasteiger charge is -2.19. The van der Waals surface area contributed by atoms with Crippen molar-refractivity contribution >= 4 is 6.09 Å². The molecule has 4 nitrogen and oxygen atoms in total. The van der Waals surface area contributed by atoms with Crippen LogP contribution in [0.1, 0.15) is 20.8 Å². The minimum absolute atomic E-state index is 0.208. The van der Waals surface area contributed by atoms with E-state index in [2.05, 4.69) is 0 Å². The van der Waals surface area contributed by atoms with E-state index in [0.29, 0.717) is 6.54 Å². The number of carbonyl (C=O) groups excluding carboxylic acids is 1. The summed E-state index contributed by atoms with van der Waals surface area (Å²) in [5.41, 5.74) is 4.97. The van der Waals surface area contributed by atoms with Crippen LogP contribution in [0.5, 0.6) is 0 Å². The molecule has 0 bridgehead atoms. The van der Waals surface area contributed by atoms with Gasteiger partial charge in [0.15, 0.2) is 0 Å². The minimum Gasteiger partial charge on any atom is -0.444 e. The Labute approximate surface area is 72.7 Å². The summed E-state index contributed by atoms with van der Waals surface area (Å²) in [5, 5.41) is 0. The lowest BCUT2D eigenvalue weighted by atomic mass is 10.2. The summed E-state index contributed by atoms with van der Waals surface area (Å²) in [7, 11) is 0. The van der Waals surface area contributed by atoms with Gasteiger partial charge in [-0.05, 0) is 20.8 Å². The van der Waals surface area contributed by atoms with Gasteiger partial charge in [0.05, 0.1) is 6.04 Å². The van der Waals surface area contributed by atoms with Crippen molar-refractivity contribution in [3.63, 3.8) is 0 Å². The van der Waals surface area contributed by atoms with E-state index in [1.54, 1.807) is 4.90 Å². The molecule has 12 heavy (non-hydrogen) atoms. The van der Waals surface area contributed by atoms with Crippen molar-refractivity contribution < 1.29 is 9.53 Å². The topological polar surface area (TPSA) is 55.3 Å². The number of hydrogen-bond acceptors (Lipinski definition) is 3. The Balaban J connectivity index is 2.32. The molecule has 1 atom stereocenters. The quantitative estimate of drug-likeness (QED) is 0.588. The molecule has 1 fully saturated rings. The number of ether oxygens (including phenoxy) is 1. The van der Waals surface area contributed by atoms with Gasteiger partial charge in [0.1, 0.15) is 5.60 Å². The molecule has 1 aliphatic heterocycles. The summed E-state index contributed by atoms with van der Waals surface area (Å²) in [4.78, 5) is 12.9. The number of hydrogen-bond donors (Lipinski definition) is 1. The number of nitrogens with two attached hydrogens (primary N) is 1. The van der Waals surface area contributed by atoms with E-state index < -0.39 is 5.60 Å². The summed E-state index contributed by atoms with van der Waals surface area (Å²) in [6, 6.07) is 0.208. The van der Waals surface area contributed by atoms with Gasteiger partial charge in [0.2, 0.25) is 0 Å². The van der Waals surface area contributed by atoms with Crippen LogP contribution in [0.15, 0.2) is 0 Å². The van der Waals surface area contributed by atoms with Crippen LogP contribution in [0.3, 0.4) is 0 Å². The summed E-state index contributed by atoms with van der Waals surface area (Å²) >= 11 is 0. The monoisotopic (exact) mass is 172 g/mol. The van der Waals surface area contributed by atoms with Crippen LogP contribution < -0.4 is 5.73 Å². The molecule has 0 aliphatic carbocycles. The lowest BCUT2D eigenvalue weighted by Crippen LogP contribution is -2.28. The van der Waals surface area contributed by atoms with Gasteiger partial charge in [-0.15, -0.1) is 0 Å². The van der Waals surface area contributed by atoms with Crippen LogP contribution in [-0.2, 0) is 4.74 Å². The maximum absolute atomic E-state index is 11.2. The SMILES string of the molecule is CC(C)(C)OC(=O)N1C[C@@H]1CN. The molecule has 4 heteroatoms. The Morgan fingerprint density at radius 2 is 2.25 bits per heavy atom. The number of rotatable bonds is 1. The van der Waals surface area contributed by atoms with E-state index in [-0.39, 0.29) is 12.1 Å². The molecular formula is C8H16N2O2. The highest BCUT2D eigenvalue weighted by atomic mass is 16.6. The predicted molar refractivity (Wildman–Crippen MR) is 45.8 cm³/mol. The standard InChI is InChI=1S/C8H16N2O2/c1-8(2,3)12-7(11)10-5-6(10)4-9/h6H,4-5,9H2,1-3H3/t6-,10?/m0/s1. The average Bonchev–Trinajstić information content (AvgIpc) is 2.60. The van der Waals surface area contributed by atoms with Gasteiger partial charge in [0.25, 0.3) is 0 Å². The lowest BCUT2D eigenvalue weighted by molar-refractivity contribution is 0.0408. The Morgan fingerprint density at radius 1 is 1.67 bits per heavy atom. The third-order valence-corrected chi connectivity index (χ3v) is 1.61. The molecule has 1 aliphatic rings. The Bertz CT molecular complexity index is 186. The first-order chi connectivity index (χ1) is 5.44. The van der Waals surface area contributed by atoms with E-state index in [1.807, 2.05) is 20.8 Å². The molecule has 0 aromatic rings. The van der Waals surface area contributed by atoms with Gasteiger partial charge in [-0.25, -0.2) is 4.79 Å². The molecule has 0 unspecified atom stereocenters.